The lowest BCUT2D eigenvalue weighted by atomic mass is 10.1. The van der Waals surface area contributed by atoms with Crippen LogP contribution in [0.2, 0.25) is 0 Å². The summed E-state index contributed by atoms with van der Waals surface area (Å²) < 4.78 is 1.42. The molecule has 0 saturated heterocycles. The Labute approximate surface area is 92.2 Å². The van der Waals surface area contributed by atoms with E-state index in [1.807, 2.05) is 37.3 Å². The summed E-state index contributed by atoms with van der Waals surface area (Å²) in [5.41, 5.74) is -0.126. The van der Waals surface area contributed by atoms with E-state index in [9.17, 15) is 9.59 Å². The molecule has 0 amide bonds. The predicted octanol–water partition coefficient (Wildman–Crippen LogP) is 1.15. The van der Waals surface area contributed by atoms with Gasteiger partial charge in [0.25, 0.3) is 0 Å². The van der Waals surface area contributed by atoms with Gasteiger partial charge < -0.3 is 9.55 Å². The molecule has 0 fully saturated rings. The van der Waals surface area contributed by atoms with Crippen molar-refractivity contribution in [2.45, 2.75) is 13.0 Å². The minimum Gasteiger partial charge on any atom is -0.323 e. The molecule has 0 saturated carbocycles. The summed E-state index contributed by atoms with van der Waals surface area (Å²) >= 11 is 0. The zero-order valence-corrected chi connectivity index (χ0v) is 8.88. The zero-order valence-electron chi connectivity index (χ0n) is 8.88. The number of aromatic amines is 1. The van der Waals surface area contributed by atoms with Crippen LogP contribution in [0.1, 0.15) is 18.5 Å². The standard InChI is InChI=1S/C12H12N2O2/c1-9(10-5-3-2-4-6-10)14-8-7-13-11(15)12(14)16/h2-9H,1H3,(H,13,15). The van der Waals surface area contributed by atoms with Gasteiger partial charge in [-0.3, -0.25) is 9.59 Å². The van der Waals surface area contributed by atoms with Crippen molar-refractivity contribution in [3.8, 4) is 0 Å². The summed E-state index contributed by atoms with van der Waals surface area (Å²) in [6.45, 7) is 1.89. The first kappa shape index (κ1) is 10.4. The summed E-state index contributed by atoms with van der Waals surface area (Å²) in [7, 11) is 0. The average molecular weight is 216 g/mol. The Morgan fingerprint density at radius 3 is 2.56 bits per heavy atom. The van der Waals surface area contributed by atoms with Gasteiger partial charge in [-0.05, 0) is 12.5 Å². The van der Waals surface area contributed by atoms with E-state index in [1.165, 1.54) is 10.8 Å². The van der Waals surface area contributed by atoms with Crippen LogP contribution in [0.5, 0.6) is 0 Å². The lowest BCUT2D eigenvalue weighted by Gasteiger charge is -2.14. The lowest BCUT2D eigenvalue weighted by molar-refractivity contribution is 0.604. The van der Waals surface area contributed by atoms with Crippen LogP contribution in [0.4, 0.5) is 0 Å². The van der Waals surface area contributed by atoms with Gasteiger partial charge in [0.05, 0.1) is 6.04 Å². The maximum atomic E-state index is 11.6. The number of nitrogens with one attached hydrogen (secondary N) is 1. The molecule has 1 atom stereocenters. The molecule has 0 bridgehead atoms. The second kappa shape index (κ2) is 4.18. The van der Waals surface area contributed by atoms with Crippen molar-refractivity contribution in [3.05, 3.63) is 69.0 Å². The lowest BCUT2D eigenvalue weighted by Crippen LogP contribution is -2.37. The van der Waals surface area contributed by atoms with Crippen LogP contribution < -0.4 is 11.1 Å². The van der Waals surface area contributed by atoms with Crippen LogP contribution in [0.3, 0.4) is 0 Å². The largest absolute Gasteiger partial charge is 0.323 e. The Hall–Kier alpha value is -2.10. The number of rotatable bonds is 2. The number of nitrogens with zero attached hydrogens (tertiary/aromatic N) is 1. The molecule has 0 spiro atoms. The van der Waals surface area contributed by atoms with Crippen molar-refractivity contribution in [1.82, 2.24) is 9.55 Å². The van der Waals surface area contributed by atoms with E-state index in [0.717, 1.165) is 5.56 Å². The van der Waals surface area contributed by atoms with Crippen molar-refractivity contribution >= 4 is 0 Å². The molecule has 4 nitrogen and oxygen atoms in total. The van der Waals surface area contributed by atoms with E-state index in [4.69, 9.17) is 0 Å². The third kappa shape index (κ3) is 1.82. The SMILES string of the molecule is CC(c1ccccc1)n1cc[nH]c(=O)c1=O. The molecule has 1 aromatic heterocycles. The van der Waals surface area contributed by atoms with Crippen molar-refractivity contribution in [2.75, 3.05) is 0 Å². The first-order valence-corrected chi connectivity index (χ1v) is 5.05. The zero-order chi connectivity index (χ0) is 11.5. The molecule has 0 radical (unpaired) electrons. The smallest absolute Gasteiger partial charge is 0.316 e. The van der Waals surface area contributed by atoms with Gasteiger partial charge in [-0.15, -0.1) is 0 Å². The summed E-state index contributed by atoms with van der Waals surface area (Å²) in [4.78, 5) is 25.1. The Bertz CT molecular complexity index is 584. The minimum atomic E-state index is -0.592. The third-order valence-corrected chi connectivity index (χ3v) is 2.58. The van der Waals surface area contributed by atoms with E-state index in [2.05, 4.69) is 4.98 Å². The molecule has 0 aliphatic heterocycles. The van der Waals surface area contributed by atoms with Crippen LogP contribution in [0.15, 0.2) is 52.3 Å². The fraction of sp³-hybridized carbons (Fsp3) is 0.167. The van der Waals surface area contributed by atoms with Crippen LogP contribution in [-0.4, -0.2) is 9.55 Å². The van der Waals surface area contributed by atoms with Crippen LogP contribution in [0.25, 0.3) is 0 Å². The van der Waals surface area contributed by atoms with Crippen molar-refractivity contribution in [2.24, 2.45) is 0 Å². The Balaban J connectivity index is 2.50. The second-order valence-electron chi connectivity index (χ2n) is 3.59. The maximum absolute atomic E-state index is 11.6. The number of aromatic nitrogens is 2. The Morgan fingerprint density at radius 2 is 1.88 bits per heavy atom. The molecule has 2 aromatic rings. The summed E-state index contributed by atoms with van der Waals surface area (Å²) in [6.07, 6.45) is 3.06. The van der Waals surface area contributed by atoms with Crippen molar-refractivity contribution < 1.29 is 0 Å². The highest BCUT2D eigenvalue weighted by atomic mass is 16.2. The molecule has 0 aliphatic carbocycles. The molecule has 1 heterocycles. The fourth-order valence-electron chi connectivity index (χ4n) is 1.64. The molecule has 1 unspecified atom stereocenters. The first-order valence-electron chi connectivity index (χ1n) is 5.05. The second-order valence-corrected chi connectivity index (χ2v) is 3.59. The highest BCUT2D eigenvalue weighted by molar-refractivity contribution is 5.19. The van der Waals surface area contributed by atoms with E-state index in [0.29, 0.717) is 0 Å². The summed E-state index contributed by atoms with van der Waals surface area (Å²) in [5.74, 6) is 0. The van der Waals surface area contributed by atoms with Crippen LogP contribution in [0, 0.1) is 0 Å². The van der Waals surface area contributed by atoms with Crippen molar-refractivity contribution in [3.63, 3.8) is 0 Å². The number of benzene rings is 1. The molecular weight excluding hydrogens is 204 g/mol. The van der Waals surface area contributed by atoms with Gasteiger partial charge in [-0.25, -0.2) is 0 Å². The van der Waals surface area contributed by atoms with E-state index in [1.54, 1.807) is 6.20 Å². The Kier molecular flexibility index (Phi) is 2.72. The van der Waals surface area contributed by atoms with Crippen LogP contribution in [-0.2, 0) is 0 Å². The van der Waals surface area contributed by atoms with Gasteiger partial charge in [0, 0.05) is 12.4 Å². The van der Waals surface area contributed by atoms with Gasteiger partial charge in [-0.2, -0.15) is 0 Å². The summed E-state index contributed by atoms with van der Waals surface area (Å²) in [5, 5.41) is 0. The Morgan fingerprint density at radius 1 is 1.19 bits per heavy atom. The monoisotopic (exact) mass is 216 g/mol. The fourth-order valence-corrected chi connectivity index (χ4v) is 1.64. The molecule has 82 valence electrons. The number of hydrogen-bond donors (Lipinski definition) is 1. The molecule has 2 rings (SSSR count). The molecule has 4 heteroatoms. The quantitative estimate of drug-likeness (QED) is 0.765. The minimum absolute atomic E-state index is 0.143. The normalized spacial score (nSPS) is 12.3. The maximum Gasteiger partial charge on any atom is 0.316 e. The highest BCUT2D eigenvalue weighted by Gasteiger charge is 2.09. The summed E-state index contributed by atoms with van der Waals surface area (Å²) in [6, 6.07) is 9.44. The topological polar surface area (TPSA) is 54.9 Å². The average Bonchev–Trinajstić information content (AvgIpc) is 2.33. The van der Waals surface area contributed by atoms with Gasteiger partial charge in [0.1, 0.15) is 0 Å². The molecule has 16 heavy (non-hydrogen) atoms. The van der Waals surface area contributed by atoms with E-state index >= 15 is 0 Å². The van der Waals surface area contributed by atoms with Crippen LogP contribution >= 0.6 is 0 Å². The molecule has 0 aliphatic rings. The first-order chi connectivity index (χ1) is 7.70. The van der Waals surface area contributed by atoms with E-state index in [-0.39, 0.29) is 6.04 Å². The number of hydrogen-bond acceptors (Lipinski definition) is 2. The van der Waals surface area contributed by atoms with Gasteiger partial charge in [0.15, 0.2) is 0 Å². The highest BCUT2D eigenvalue weighted by Crippen LogP contribution is 2.14. The number of H-pyrrole nitrogens is 1. The van der Waals surface area contributed by atoms with Gasteiger partial charge in [0.2, 0.25) is 0 Å². The molecular formula is C12H12N2O2. The van der Waals surface area contributed by atoms with Gasteiger partial charge >= 0.3 is 11.1 Å². The van der Waals surface area contributed by atoms with Gasteiger partial charge in [-0.1, -0.05) is 30.3 Å². The molecule has 1 N–H and O–H groups in total. The predicted molar refractivity (Wildman–Crippen MR) is 61.6 cm³/mol. The third-order valence-electron chi connectivity index (χ3n) is 2.58. The van der Waals surface area contributed by atoms with E-state index < -0.39 is 11.1 Å². The molecule has 1 aromatic carbocycles. The van der Waals surface area contributed by atoms with Crippen molar-refractivity contribution in [1.29, 1.82) is 0 Å².